The van der Waals surface area contributed by atoms with E-state index in [2.05, 4.69) is 4.72 Å². The van der Waals surface area contributed by atoms with Gasteiger partial charge in [-0.05, 0) is 61.2 Å². The molecule has 2 rings (SSSR count). The molecule has 0 aliphatic carbocycles. The molecule has 112 valence electrons. The third-order valence-electron chi connectivity index (χ3n) is 3.52. The third-order valence-corrected chi connectivity index (χ3v) is 4.98. The maximum absolute atomic E-state index is 12.6. The van der Waals surface area contributed by atoms with E-state index in [0.717, 1.165) is 16.7 Å². The summed E-state index contributed by atoms with van der Waals surface area (Å²) in [6.07, 6.45) is 0.628. The highest BCUT2D eigenvalue weighted by Gasteiger charge is 2.18. The van der Waals surface area contributed by atoms with Crippen LogP contribution in [0, 0.1) is 13.8 Å². The summed E-state index contributed by atoms with van der Waals surface area (Å²) in [5.41, 5.74) is 9.63. The van der Waals surface area contributed by atoms with Crippen molar-refractivity contribution >= 4 is 21.4 Å². The molecule has 2 aromatic carbocycles. The number of nitrogen functional groups attached to an aromatic ring is 1. The standard InChI is InChI=1S/C16H20N2O2S/c1-4-13-6-7-14(17)10-16(13)21(19,20)18-15-8-5-11(2)12(3)9-15/h5-10,18H,4,17H2,1-3H3. The first-order valence-corrected chi connectivity index (χ1v) is 8.30. The highest BCUT2D eigenvalue weighted by Crippen LogP contribution is 2.23. The first kappa shape index (κ1) is 15.4. The largest absolute Gasteiger partial charge is 0.399 e. The van der Waals surface area contributed by atoms with E-state index < -0.39 is 10.0 Å². The summed E-state index contributed by atoms with van der Waals surface area (Å²) in [7, 11) is -3.64. The lowest BCUT2D eigenvalue weighted by atomic mass is 10.1. The fourth-order valence-corrected chi connectivity index (χ4v) is 3.52. The smallest absolute Gasteiger partial charge is 0.262 e. The molecule has 0 saturated heterocycles. The van der Waals surface area contributed by atoms with Crippen molar-refractivity contribution in [3.63, 3.8) is 0 Å². The van der Waals surface area contributed by atoms with Gasteiger partial charge in [-0.25, -0.2) is 8.42 Å². The lowest BCUT2D eigenvalue weighted by Gasteiger charge is -2.13. The summed E-state index contributed by atoms with van der Waals surface area (Å²) in [5.74, 6) is 0. The van der Waals surface area contributed by atoms with Crippen molar-refractivity contribution in [2.24, 2.45) is 0 Å². The number of anilines is 2. The van der Waals surface area contributed by atoms with Crippen molar-refractivity contribution in [1.29, 1.82) is 0 Å². The van der Waals surface area contributed by atoms with Gasteiger partial charge in [0.1, 0.15) is 0 Å². The molecular formula is C16H20N2O2S. The van der Waals surface area contributed by atoms with Crippen LogP contribution in [0.1, 0.15) is 23.6 Å². The van der Waals surface area contributed by atoms with E-state index in [1.54, 1.807) is 18.2 Å². The molecule has 0 atom stereocenters. The van der Waals surface area contributed by atoms with Crippen LogP contribution in [0.15, 0.2) is 41.3 Å². The summed E-state index contributed by atoms with van der Waals surface area (Å²) in [5, 5.41) is 0. The zero-order valence-corrected chi connectivity index (χ0v) is 13.3. The van der Waals surface area contributed by atoms with Gasteiger partial charge in [-0.2, -0.15) is 0 Å². The second-order valence-corrected chi connectivity index (χ2v) is 6.78. The molecule has 0 radical (unpaired) electrons. The van der Waals surface area contributed by atoms with Crippen LogP contribution in [0.3, 0.4) is 0 Å². The third kappa shape index (κ3) is 3.36. The Kier molecular flexibility index (Phi) is 4.23. The van der Waals surface area contributed by atoms with E-state index in [1.165, 1.54) is 6.07 Å². The molecular weight excluding hydrogens is 284 g/mol. The molecule has 0 fully saturated rings. The van der Waals surface area contributed by atoms with Gasteiger partial charge < -0.3 is 5.73 Å². The highest BCUT2D eigenvalue weighted by molar-refractivity contribution is 7.92. The molecule has 21 heavy (non-hydrogen) atoms. The summed E-state index contributed by atoms with van der Waals surface area (Å²) >= 11 is 0. The molecule has 0 aromatic heterocycles. The zero-order valence-electron chi connectivity index (χ0n) is 12.5. The van der Waals surface area contributed by atoms with Gasteiger partial charge in [0, 0.05) is 11.4 Å². The summed E-state index contributed by atoms with van der Waals surface area (Å²) in [4.78, 5) is 0.239. The van der Waals surface area contributed by atoms with Crippen LogP contribution in [-0.4, -0.2) is 8.42 Å². The molecule has 0 unspecified atom stereocenters. The zero-order chi connectivity index (χ0) is 15.6. The van der Waals surface area contributed by atoms with Crippen LogP contribution in [0.4, 0.5) is 11.4 Å². The van der Waals surface area contributed by atoms with Crippen LogP contribution >= 0.6 is 0 Å². The van der Waals surface area contributed by atoms with Crippen molar-refractivity contribution in [3.05, 3.63) is 53.1 Å². The Labute approximate surface area is 126 Å². The fraction of sp³-hybridized carbons (Fsp3) is 0.250. The van der Waals surface area contributed by atoms with E-state index >= 15 is 0 Å². The molecule has 2 aromatic rings. The van der Waals surface area contributed by atoms with Gasteiger partial charge in [0.2, 0.25) is 0 Å². The number of rotatable bonds is 4. The van der Waals surface area contributed by atoms with Crippen LogP contribution in [0.2, 0.25) is 0 Å². The predicted octanol–water partition coefficient (Wildman–Crippen LogP) is 3.25. The minimum Gasteiger partial charge on any atom is -0.399 e. The number of nitrogens with one attached hydrogen (secondary N) is 1. The first-order chi connectivity index (χ1) is 9.83. The summed E-state index contributed by atoms with van der Waals surface area (Å²) < 4.78 is 27.7. The van der Waals surface area contributed by atoms with Gasteiger partial charge in [0.15, 0.2) is 0 Å². The van der Waals surface area contributed by atoms with Crippen LogP contribution in [0.5, 0.6) is 0 Å². The topological polar surface area (TPSA) is 72.2 Å². The van der Waals surface area contributed by atoms with E-state index in [9.17, 15) is 8.42 Å². The van der Waals surface area contributed by atoms with Gasteiger partial charge in [0.25, 0.3) is 10.0 Å². The highest BCUT2D eigenvalue weighted by atomic mass is 32.2. The average molecular weight is 304 g/mol. The van der Waals surface area contributed by atoms with Crippen LogP contribution in [-0.2, 0) is 16.4 Å². The second-order valence-electron chi connectivity index (χ2n) is 5.13. The quantitative estimate of drug-likeness (QED) is 0.852. The Morgan fingerprint density at radius 2 is 1.76 bits per heavy atom. The maximum atomic E-state index is 12.6. The van der Waals surface area contributed by atoms with Crippen molar-refractivity contribution in [3.8, 4) is 0 Å². The Bertz CT molecular complexity index is 768. The lowest BCUT2D eigenvalue weighted by Crippen LogP contribution is -2.15. The molecule has 0 bridgehead atoms. The Hall–Kier alpha value is -2.01. The summed E-state index contributed by atoms with van der Waals surface area (Å²) in [6.45, 7) is 5.85. The number of sulfonamides is 1. The van der Waals surface area contributed by atoms with Crippen molar-refractivity contribution in [1.82, 2.24) is 0 Å². The molecule has 0 saturated carbocycles. The molecule has 0 aliphatic heterocycles. The molecule has 5 heteroatoms. The number of aryl methyl sites for hydroxylation is 3. The van der Waals surface area contributed by atoms with Crippen molar-refractivity contribution < 1.29 is 8.42 Å². The SMILES string of the molecule is CCc1ccc(N)cc1S(=O)(=O)Nc1ccc(C)c(C)c1. The van der Waals surface area contributed by atoms with Gasteiger partial charge in [-0.1, -0.05) is 19.1 Å². The fourth-order valence-electron chi connectivity index (χ4n) is 2.13. The van der Waals surface area contributed by atoms with E-state index in [-0.39, 0.29) is 4.90 Å². The van der Waals surface area contributed by atoms with Crippen molar-refractivity contribution in [2.45, 2.75) is 32.1 Å². The molecule has 0 heterocycles. The minimum atomic E-state index is -3.64. The van der Waals surface area contributed by atoms with Crippen LogP contribution in [0.25, 0.3) is 0 Å². The molecule has 0 spiro atoms. The first-order valence-electron chi connectivity index (χ1n) is 6.82. The lowest BCUT2D eigenvalue weighted by molar-refractivity contribution is 0.600. The number of hydrogen-bond acceptors (Lipinski definition) is 3. The average Bonchev–Trinajstić information content (AvgIpc) is 2.42. The van der Waals surface area contributed by atoms with Gasteiger partial charge in [0.05, 0.1) is 4.90 Å². The molecule has 0 amide bonds. The Balaban J connectivity index is 2.42. The molecule has 4 nitrogen and oxygen atoms in total. The van der Waals surface area contributed by atoms with Gasteiger partial charge in [-0.15, -0.1) is 0 Å². The van der Waals surface area contributed by atoms with Crippen molar-refractivity contribution in [2.75, 3.05) is 10.5 Å². The molecule has 0 aliphatic rings. The van der Waals surface area contributed by atoms with Gasteiger partial charge >= 0.3 is 0 Å². The minimum absolute atomic E-state index is 0.239. The Morgan fingerprint density at radius 3 is 2.38 bits per heavy atom. The number of benzene rings is 2. The predicted molar refractivity (Wildman–Crippen MR) is 87.0 cm³/mol. The summed E-state index contributed by atoms with van der Waals surface area (Å²) in [6, 6.07) is 10.5. The van der Waals surface area contributed by atoms with E-state index in [4.69, 9.17) is 5.73 Å². The monoisotopic (exact) mass is 304 g/mol. The number of hydrogen-bond donors (Lipinski definition) is 2. The number of nitrogens with two attached hydrogens (primary N) is 1. The van der Waals surface area contributed by atoms with Gasteiger partial charge in [-0.3, -0.25) is 4.72 Å². The normalized spacial score (nSPS) is 11.4. The molecule has 3 N–H and O–H groups in total. The van der Waals surface area contributed by atoms with Crippen LogP contribution < -0.4 is 10.5 Å². The Morgan fingerprint density at radius 1 is 1.05 bits per heavy atom. The maximum Gasteiger partial charge on any atom is 0.262 e. The van der Waals surface area contributed by atoms with E-state index in [1.807, 2.05) is 32.9 Å². The van der Waals surface area contributed by atoms with E-state index in [0.29, 0.717) is 17.8 Å². The second kappa shape index (κ2) is 5.77.